The summed E-state index contributed by atoms with van der Waals surface area (Å²) in [5.41, 5.74) is 2.86. The van der Waals surface area contributed by atoms with Gasteiger partial charge in [0.1, 0.15) is 5.60 Å². The molecule has 6 nitrogen and oxygen atoms in total. The smallest absolute Gasteiger partial charge is 0.410 e. The zero-order valence-corrected chi connectivity index (χ0v) is 20.0. The molecule has 1 saturated carbocycles. The van der Waals surface area contributed by atoms with E-state index in [9.17, 15) is 4.79 Å². The van der Waals surface area contributed by atoms with Crippen molar-refractivity contribution in [2.24, 2.45) is 0 Å². The molecule has 0 atom stereocenters. The third-order valence-corrected chi connectivity index (χ3v) is 5.32. The van der Waals surface area contributed by atoms with Crippen molar-refractivity contribution in [1.82, 2.24) is 20.1 Å². The van der Waals surface area contributed by atoms with Crippen molar-refractivity contribution in [1.29, 1.82) is 0 Å². The first-order valence-corrected chi connectivity index (χ1v) is 11.7. The third kappa shape index (κ3) is 8.97. The number of nitrogens with one attached hydrogen (secondary N) is 1. The van der Waals surface area contributed by atoms with E-state index in [1.165, 1.54) is 24.0 Å². The topological polar surface area (TPSA) is 57.7 Å². The average molecular weight is 439 g/mol. The van der Waals surface area contributed by atoms with Gasteiger partial charge in [-0.05, 0) is 76.9 Å². The molecule has 2 aromatic rings. The number of amides is 1. The number of ether oxygens (including phenoxy) is 1. The Morgan fingerprint density at radius 3 is 2.53 bits per heavy atom. The molecule has 1 N–H and O–H groups in total. The summed E-state index contributed by atoms with van der Waals surface area (Å²) in [6.07, 6.45) is 4.95. The maximum atomic E-state index is 12.9. The van der Waals surface area contributed by atoms with Crippen LogP contribution < -0.4 is 5.32 Å². The Morgan fingerprint density at radius 1 is 1.09 bits per heavy atom. The summed E-state index contributed by atoms with van der Waals surface area (Å²) in [4.78, 5) is 21.5. The lowest BCUT2D eigenvalue weighted by Gasteiger charge is -2.28. The molecule has 1 aliphatic rings. The minimum absolute atomic E-state index is 0.286. The summed E-state index contributed by atoms with van der Waals surface area (Å²) in [7, 11) is 2.11. The number of aromatic nitrogens is 1. The second kappa shape index (κ2) is 11.4. The highest BCUT2D eigenvalue weighted by molar-refractivity contribution is 5.68. The quantitative estimate of drug-likeness (QED) is 0.556. The van der Waals surface area contributed by atoms with Gasteiger partial charge in [-0.25, -0.2) is 4.79 Å². The van der Waals surface area contributed by atoms with Gasteiger partial charge in [0.2, 0.25) is 0 Å². The van der Waals surface area contributed by atoms with Crippen LogP contribution in [0.5, 0.6) is 0 Å². The minimum atomic E-state index is -0.525. The molecule has 0 radical (unpaired) electrons. The van der Waals surface area contributed by atoms with Gasteiger partial charge in [0.15, 0.2) is 0 Å². The molecule has 0 unspecified atom stereocenters. The van der Waals surface area contributed by atoms with Crippen LogP contribution in [0.2, 0.25) is 0 Å². The molecule has 6 heteroatoms. The lowest BCUT2D eigenvalue weighted by atomic mass is 10.2. The summed E-state index contributed by atoms with van der Waals surface area (Å²) >= 11 is 0. The Labute approximate surface area is 193 Å². The highest BCUT2D eigenvalue weighted by Crippen LogP contribution is 2.19. The average Bonchev–Trinajstić information content (AvgIpc) is 3.56. The molecule has 0 bridgehead atoms. The van der Waals surface area contributed by atoms with Gasteiger partial charge >= 0.3 is 6.09 Å². The highest BCUT2D eigenvalue weighted by Gasteiger charge is 2.23. The molecule has 0 spiro atoms. The molecule has 32 heavy (non-hydrogen) atoms. The number of pyridine rings is 1. The summed E-state index contributed by atoms with van der Waals surface area (Å²) < 4.78 is 5.68. The van der Waals surface area contributed by atoms with Gasteiger partial charge in [-0.2, -0.15) is 0 Å². The van der Waals surface area contributed by atoms with Crippen LogP contribution in [0.4, 0.5) is 4.79 Å². The largest absolute Gasteiger partial charge is 0.444 e. The first kappa shape index (κ1) is 24.2. The van der Waals surface area contributed by atoms with Crippen molar-refractivity contribution < 1.29 is 9.53 Å². The zero-order valence-electron chi connectivity index (χ0n) is 20.0. The molecular weight excluding hydrogens is 400 g/mol. The molecule has 1 amide bonds. The predicted octanol–water partition coefficient (Wildman–Crippen LogP) is 4.59. The summed E-state index contributed by atoms with van der Waals surface area (Å²) in [5, 5.41) is 3.54. The van der Waals surface area contributed by atoms with Gasteiger partial charge in [0.25, 0.3) is 0 Å². The number of carbonyl (C=O) groups excluding carboxylic acids is 1. The second-order valence-electron chi connectivity index (χ2n) is 9.79. The Kier molecular flexibility index (Phi) is 8.65. The second-order valence-corrected chi connectivity index (χ2v) is 9.79. The van der Waals surface area contributed by atoms with Crippen molar-refractivity contribution in [3.8, 4) is 0 Å². The van der Waals surface area contributed by atoms with Gasteiger partial charge < -0.3 is 19.9 Å². The van der Waals surface area contributed by atoms with Gasteiger partial charge in [-0.1, -0.05) is 30.3 Å². The highest BCUT2D eigenvalue weighted by atomic mass is 16.6. The summed E-state index contributed by atoms with van der Waals surface area (Å²) in [6, 6.07) is 15.2. The van der Waals surface area contributed by atoms with E-state index >= 15 is 0 Å². The Hall–Kier alpha value is -2.44. The van der Waals surface area contributed by atoms with Gasteiger partial charge in [-0.15, -0.1) is 0 Å². The minimum Gasteiger partial charge on any atom is -0.444 e. The monoisotopic (exact) mass is 438 g/mol. The van der Waals surface area contributed by atoms with E-state index in [4.69, 9.17) is 4.74 Å². The number of carbonyl (C=O) groups is 1. The van der Waals surface area contributed by atoms with Gasteiger partial charge in [0.05, 0.1) is 12.2 Å². The van der Waals surface area contributed by atoms with Crippen LogP contribution in [0, 0.1) is 0 Å². The number of hydrogen-bond acceptors (Lipinski definition) is 5. The number of rotatable bonds is 11. The molecular formula is C26H38N4O2. The van der Waals surface area contributed by atoms with Crippen LogP contribution in [0.25, 0.3) is 0 Å². The maximum Gasteiger partial charge on any atom is 0.410 e. The Balaban J connectivity index is 1.56. The zero-order chi connectivity index (χ0) is 23.0. The SMILES string of the molecule is CN(CCCN(Cc1cc(CNC2CC2)ccn1)C(=O)OC(C)(C)C)Cc1ccccc1. The number of hydrogen-bond donors (Lipinski definition) is 1. The Bertz CT molecular complexity index is 846. The fourth-order valence-electron chi connectivity index (χ4n) is 3.54. The van der Waals surface area contributed by atoms with E-state index in [2.05, 4.69) is 52.6 Å². The third-order valence-electron chi connectivity index (χ3n) is 5.32. The fraction of sp³-hybridized carbons (Fsp3) is 0.538. The van der Waals surface area contributed by atoms with E-state index < -0.39 is 5.60 Å². The van der Waals surface area contributed by atoms with Crippen molar-refractivity contribution in [3.63, 3.8) is 0 Å². The van der Waals surface area contributed by atoms with E-state index in [-0.39, 0.29) is 6.09 Å². The van der Waals surface area contributed by atoms with E-state index in [1.807, 2.05) is 39.1 Å². The van der Waals surface area contributed by atoms with Crippen LogP contribution in [-0.4, -0.2) is 52.7 Å². The first-order valence-electron chi connectivity index (χ1n) is 11.7. The van der Waals surface area contributed by atoms with Gasteiger partial charge in [-0.3, -0.25) is 4.98 Å². The Morgan fingerprint density at radius 2 is 1.84 bits per heavy atom. The van der Waals surface area contributed by atoms with Crippen molar-refractivity contribution in [3.05, 3.63) is 65.5 Å². The van der Waals surface area contributed by atoms with E-state index in [0.717, 1.165) is 31.7 Å². The molecule has 1 heterocycles. The summed E-state index contributed by atoms with van der Waals surface area (Å²) in [5.74, 6) is 0. The fourth-order valence-corrected chi connectivity index (χ4v) is 3.54. The molecule has 1 aromatic heterocycles. The maximum absolute atomic E-state index is 12.9. The first-order chi connectivity index (χ1) is 15.3. The van der Waals surface area contributed by atoms with Crippen LogP contribution in [0.15, 0.2) is 48.7 Å². The molecule has 1 fully saturated rings. The number of nitrogens with zero attached hydrogens (tertiary/aromatic N) is 3. The molecule has 1 aliphatic carbocycles. The predicted molar refractivity (Wildman–Crippen MR) is 128 cm³/mol. The van der Waals surface area contributed by atoms with E-state index in [1.54, 1.807) is 4.90 Å². The molecule has 0 saturated heterocycles. The number of benzene rings is 1. The lowest BCUT2D eigenvalue weighted by Crippen LogP contribution is -2.38. The van der Waals surface area contributed by atoms with Crippen LogP contribution >= 0.6 is 0 Å². The summed E-state index contributed by atoms with van der Waals surface area (Å²) in [6.45, 7) is 9.42. The standard InChI is InChI=1S/C26H38N4O2/c1-26(2,3)32-25(31)30(16-8-15-29(4)19-21-9-6-5-7-10-21)20-24-17-22(13-14-27-24)18-28-23-11-12-23/h5-7,9-10,13-14,17,23,28H,8,11-12,15-16,18-20H2,1-4H3. The lowest BCUT2D eigenvalue weighted by molar-refractivity contribution is 0.0224. The van der Waals surface area contributed by atoms with Crippen molar-refractivity contribution in [2.45, 2.75) is 71.3 Å². The van der Waals surface area contributed by atoms with Gasteiger partial charge in [0, 0.05) is 31.9 Å². The van der Waals surface area contributed by atoms with Crippen LogP contribution in [0.3, 0.4) is 0 Å². The molecule has 0 aliphatic heterocycles. The molecule has 1 aromatic carbocycles. The normalized spacial score (nSPS) is 13.9. The van der Waals surface area contributed by atoms with E-state index in [0.29, 0.717) is 19.1 Å². The van der Waals surface area contributed by atoms with Crippen molar-refractivity contribution >= 4 is 6.09 Å². The molecule has 174 valence electrons. The van der Waals surface area contributed by atoms with Crippen molar-refractivity contribution in [2.75, 3.05) is 20.1 Å². The van der Waals surface area contributed by atoms with Crippen LogP contribution in [0.1, 0.15) is 56.9 Å². The van der Waals surface area contributed by atoms with Crippen LogP contribution in [-0.2, 0) is 24.4 Å². The molecule has 3 rings (SSSR count).